The molecule has 1 N–H and O–H groups in total. The first kappa shape index (κ1) is 16.0. The fourth-order valence-electron chi connectivity index (χ4n) is 4.01. The quantitative estimate of drug-likeness (QED) is 0.712. The Morgan fingerprint density at radius 3 is 1.94 bits per heavy atom. The fourth-order valence-corrected chi connectivity index (χ4v) is 4.01. The Morgan fingerprint density at radius 1 is 1.06 bits per heavy atom. The van der Waals surface area contributed by atoms with Gasteiger partial charge in [-0.3, -0.25) is 4.90 Å². The Morgan fingerprint density at radius 2 is 1.56 bits per heavy atom. The topological polar surface area (TPSA) is 23.5 Å². The highest BCUT2D eigenvalue weighted by molar-refractivity contribution is 4.95. The van der Waals surface area contributed by atoms with Crippen LogP contribution in [0.2, 0.25) is 0 Å². The number of hydrogen-bond donors (Lipinski definition) is 1. The SMILES string of the molecule is CCN(CC)C(CC)(CC)C(O)CC1CCCC1. The number of likely N-dealkylation sites (N-methyl/N-ethyl adjacent to an activating group) is 1. The van der Waals surface area contributed by atoms with Crippen LogP contribution in [-0.2, 0) is 0 Å². The second kappa shape index (κ2) is 7.49. The van der Waals surface area contributed by atoms with E-state index >= 15 is 0 Å². The lowest BCUT2D eigenvalue weighted by molar-refractivity contribution is -0.0453. The third kappa shape index (κ3) is 3.27. The Bertz CT molecular complexity index is 215. The van der Waals surface area contributed by atoms with E-state index in [2.05, 4.69) is 32.6 Å². The van der Waals surface area contributed by atoms with E-state index in [9.17, 15) is 5.11 Å². The first-order valence-corrected chi connectivity index (χ1v) is 8.07. The van der Waals surface area contributed by atoms with E-state index in [0.717, 1.165) is 38.3 Å². The van der Waals surface area contributed by atoms with E-state index in [1.54, 1.807) is 0 Å². The van der Waals surface area contributed by atoms with Gasteiger partial charge in [-0.05, 0) is 38.3 Å². The zero-order chi connectivity index (χ0) is 13.6. The average Bonchev–Trinajstić information content (AvgIpc) is 2.88. The molecule has 0 spiro atoms. The molecule has 1 rings (SSSR count). The minimum Gasteiger partial charge on any atom is -0.391 e. The van der Waals surface area contributed by atoms with E-state index in [1.165, 1.54) is 25.7 Å². The average molecular weight is 255 g/mol. The van der Waals surface area contributed by atoms with Gasteiger partial charge in [0.2, 0.25) is 0 Å². The summed E-state index contributed by atoms with van der Waals surface area (Å²) in [7, 11) is 0. The molecule has 0 saturated heterocycles. The maximum atomic E-state index is 10.8. The Kier molecular flexibility index (Phi) is 6.65. The Hall–Kier alpha value is -0.0800. The summed E-state index contributed by atoms with van der Waals surface area (Å²) in [4.78, 5) is 2.48. The van der Waals surface area contributed by atoms with Crippen LogP contribution in [0.15, 0.2) is 0 Å². The van der Waals surface area contributed by atoms with Crippen LogP contribution in [0.3, 0.4) is 0 Å². The maximum Gasteiger partial charge on any atom is 0.0726 e. The molecule has 0 aromatic carbocycles. The summed E-state index contributed by atoms with van der Waals surface area (Å²) in [5, 5.41) is 10.8. The maximum absolute atomic E-state index is 10.8. The van der Waals surface area contributed by atoms with Crippen molar-refractivity contribution < 1.29 is 5.11 Å². The van der Waals surface area contributed by atoms with Crippen molar-refractivity contribution in [1.82, 2.24) is 4.90 Å². The summed E-state index contributed by atoms with van der Waals surface area (Å²) in [5.41, 5.74) is 0.00604. The molecule has 1 atom stereocenters. The van der Waals surface area contributed by atoms with Crippen molar-refractivity contribution in [2.24, 2.45) is 5.92 Å². The van der Waals surface area contributed by atoms with Gasteiger partial charge < -0.3 is 5.11 Å². The summed E-state index contributed by atoms with van der Waals surface area (Å²) < 4.78 is 0. The number of nitrogens with zero attached hydrogens (tertiary/aromatic N) is 1. The zero-order valence-corrected chi connectivity index (χ0v) is 12.9. The van der Waals surface area contributed by atoms with E-state index in [0.29, 0.717) is 0 Å². The van der Waals surface area contributed by atoms with Crippen LogP contribution in [0.25, 0.3) is 0 Å². The molecule has 2 heteroatoms. The lowest BCUT2D eigenvalue weighted by Gasteiger charge is -2.46. The van der Waals surface area contributed by atoms with Crippen molar-refractivity contribution in [2.45, 2.75) is 84.3 Å². The van der Waals surface area contributed by atoms with Gasteiger partial charge >= 0.3 is 0 Å². The number of aliphatic hydroxyl groups excluding tert-OH is 1. The van der Waals surface area contributed by atoms with Crippen molar-refractivity contribution >= 4 is 0 Å². The van der Waals surface area contributed by atoms with Gasteiger partial charge in [0.15, 0.2) is 0 Å². The van der Waals surface area contributed by atoms with E-state index < -0.39 is 0 Å². The third-order valence-electron chi connectivity index (χ3n) is 5.27. The normalized spacial score (nSPS) is 19.7. The molecule has 1 unspecified atom stereocenters. The van der Waals surface area contributed by atoms with E-state index in [-0.39, 0.29) is 11.6 Å². The summed E-state index contributed by atoms with van der Waals surface area (Å²) in [6.45, 7) is 11.0. The summed E-state index contributed by atoms with van der Waals surface area (Å²) in [6, 6.07) is 0. The van der Waals surface area contributed by atoms with Gasteiger partial charge in [0.05, 0.1) is 6.10 Å². The van der Waals surface area contributed by atoms with Crippen molar-refractivity contribution in [3.05, 3.63) is 0 Å². The molecule has 108 valence electrons. The summed E-state index contributed by atoms with van der Waals surface area (Å²) in [5.74, 6) is 0.771. The Balaban J connectivity index is 2.74. The first-order chi connectivity index (χ1) is 8.64. The first-order valence-electron chi connectivity index (χ1n) is 8.07. The lowest BCUT2D eigenvalue weighted by Crippen LogP contribution is -2.56. The predicted molar refractivity (Wildman–Crippen MR) is 78.8 cm³/mol. The van der Waals surface area contributed by atoms with Crippen molar-refractivity contribution in [3.8, 4) is 0 Å². The number of hydrogen-bond acceptors (Lipinski definition) is 2. The fraction of sp³-hybridized carbons (Fsp3) is 1.00. The van der Waals surface area contributed by atoms with Gasteiger partial charge in [-0.25, -0.2) is 0 Å². The van der Waals surface area contributed by atoms with Crippen LogP contribution in [0, 0.1) is 5.92 Å². The van der Waals surface area contributed by atoms with E-state index in [1.807, 2.05) is 0 Å². The van der Waals surface area contributed by atoms with Crippen LogP contribution in [0.1, 0.15) is 72.6 Å². The molecule has 18 heavy (non-hydrogen) atoms. The van der Waals surface area contributed by atoms with Crippen LogP contribution in [-0.4, -0.2) is 34.7 Å². The highest BCUT2D eigenvalue weighted by Crippen LogP contribution is 2.35. The largest absolute Gasteiger partial charge is 0.391 e. The minimum atomic E-state index is -0.157. The van der Waals surface area contributed by atoms with Gasteiger partial charge in [0.1, 0.15) is 0 Å². The molecule has 0 bridgehead atoms. The molecule has 0 aromatic heterocycles. The second-order valence-corrected chi connectivity index (χ2v) is 5.88. The van der Waals surface area contributed by atoms with Crippen LogP contribution < -0.4 is 0 Å². The van der Waals surface area contributed by atoms with Gasteiger partial charge in [0, 0.05) is 5.54 Å². The van der Waals surface area contributed by atoms with Gasteiger partial charge in [-0.2, -0.15) is 0 Å². The smallest absolute Gasteiger partial charge is 0.0726 e. The molecule has 0 aliphatic heterocycles. The second-order valence-electron chi connectivity index (χ2n) is 5.88. The van der Waals surface area contributed by atoms with E-state index in [4.69, 9.17) is 0 Å². The molecule has 0 radical (unpaired) electrons. The van der Waals surface area contributed by atoms with Crippen molar-refractivity contribution in [2.75, 3.05) is 13.1 Å². The zero-order valence-electron chi connectivity index (χ0n) is 12.9. The highest BCUT2D eigenvalue weighted by Gasteiger charge is 2.40. The van der Waals surface area contributed by atoms with Crippen LogP contribution >= 0.6 is 0 Å². The molecular formula is C16H33NO. The number of rotatable bonds is 8. The molecule has 0 heterocycles. The van der Waals surface area contributed by atoms with Gasteiger partial charge in [-0.15, -0.1) is 0 Å². The van der Waals surface area contributed by atoms with Gasteiger partial charge in [-0.1, -0.05) is 53.4 Å². The molecule has 0 aromatic rings. The predicted octanol–water partition coefficient (Wildman–Crippen LogP) is 3.83. The molecule has 1 aliphatic carbocycles. The molecular weight excluding hydrogens is 222 g/mol. The molecule has 1 saturated carbocycles. The lowest BCUT2D eigenvalue weighted by atomic mass is 9.80. The highest BCUT2D eigenvalue weighted by atomic mass is 16.3. The molecule has 0 amide bonds. The van der Waals surface area contributed by atoms with Crippen molar-refractivity contribution in [1.29, 1.82) is 0 Å². The summed E-state index contributed by atoms with van der Waals surface area (Å²) >= 11 is 0. The molecule has 1 fully saturated rings. The summed E-state index contributed by atoms with van der Waals surface area (Å²) in [6.07, 6.45) is 8.37. The molecule has 2 nitrogen and oxygen atoms in total. The van der Waals surface area contributed by atoms with Crippen LogP contribution in [0.4, 0.5) is 0 Å². The standard InChI is InChI=1S/C16H33NO/c1-5-16(6-2,17(7-3)8-4)15(18)13-14-11-9-10-12-14/h14-15,18H,5-13H2,1-4H3. The number of aliphatic hydroxyl groups is 1. The van der Waals surface area contributed by atoms with Crippen molar-refractivity contribution in [3.63, 3.8) is 0 Å². The monoisotopic (exact) mass is 255 g/mol. The van der Waals surface area contributed by atoms with Gasteiger partial charge in [0.25, 0.3) is 0 Å². The minimum absolute atomic E-state index is 0.00604. The third-order valence-corrected chi connectivity index (χ3v) is 5.27. The van der Waals surface area contributed by atoms with Crippen LogP contribution in [0.5, 0.6) is 0 Å². The molecule has 1 aliphatic rings. The Labute approximate surface area is 114 Å².